The molecule has 7 heteroatoms. The van der Waals surface area contributed by atoms with Gasteiger partial charge in [-0.25, -0.2) is 0 Å². The third-order valence-corrected chi connectivity index (χ3v) is 4.90. The molecule has 156 valence electrons. The summed E-state index contributed by atoms with van der Waals surface area (Å²) in [4.78, 5) is 27.0. The van der Waals surface area contributed by atoms with Crippen LogP contribution in [0.1, 0.15) is 32.3 Å². The molecule has 0 heterocycles. The molecule has 29 heavy (non-hydrogen) atoms. The number of hydrogen-bond acceptors (Lipinski definition) is 3. The molecule has 0 radical (unpaired) electrons. The van der Waals surface area contributed by atoms with Crippen molar-refractivity contribution in [2.45, 2.75) is 39.3 Å². The molecule has 0 aromatic heterocycles. The lowest BCUT2D eigenvalue weighted by Crippen LogP contribution is -2.49. The Kier molecular flexibility index (Phi) is 9.29. The molecule has 2 amide bonds. The summed E-state index contributed by atoms with van der Waals surface area (Å²) in [6.45, 7) is 4.42. The number of carbonyl (C=O) groups is 2. The normalized spacial score (nSPS) is 11.6. The monoisotopic (exact) mass is 436 g/mol. The lowest BCUT2D eigenvalue weighted by atomic mass is 10.1. The van der Waals surface area contributed by atoms with Crippen molar-refractivity contribution in [3.63, 3.8) is 0 Å². The van der Waals surface area contributed by atoms with E-state index in [1.807, 2.05) is 12.1 Å². The number of nitrogens with one attached hydrogen (secondary N) is 1. The van der Waals surface area contributed by atoms with E-state index in [0.717, 1.165) is 18.4 Å². The molecule has 0 aliphatic heterocycles. The van der Waals surface area contributed by atoms with E-state index in [1.165, 1.54) is 4.90 Å². The summed E-state index contributed by atoms with van der Waals surface area (Å²) in [5.41, 5.74) is 0.838. The molecule has 2 rings (SSSR count). The van der Waals surface area contributed by atoms with E-state index >= 15 is 0 Å². The molecule has 2 aromatic rings. The Bertz CT molecular complexity index is 812. The highest BCUT2D eigenvalue weighted by Gasteiger charge is 2.26. The van der Waals surface area contributed by atoms with Crippen LogP contribution in [-0.2, 0) is 16.1 Å². The smallest absolute Gasteiger partial charge is 0.261 e. The zero-order chi connectivity index (χ0) is 21.2. The Labute approximate surface area is 181 Å². The van der Waals surface area contributed by atoms with Crippen LogP contribution in [0.5, 0.6) is 5.75 Å². The highest BCUT2D eigenvalue weighted by atomic mass is 35.5. The van der Waals surface area contributed by atoms with Crippen molar-refractivity contribution in [1.29, 1.82) is 0 Å². The van der Waals surface area contributed by atoms with Gasteiger partial charge in [-0.05, 0) is 55.3 Å². The Morgan fingerprint density at radius 2 is 1.83 bits per heavy atom. The molecule has 0 saturated carbocycles. The third-order valence-electron chi connectivity index (χ3n) is 4.41. The van der Waals surface area contributed by atoms with Crippen molar-refractivity contribution in [2.75, 3.05) is 13.2 Å². The van der Waals surface area contributed by atoms with Crippen LogP contribution in [0.15, 0.2) is 48.5 Å². The first-order chi connectivity index (χ1) is 13.9. The number of ether oxygens (including phenoxy) is 1. The molecule has 0 fully saturated rings. The molecule has 1 atom stereocenters. The molecule has 0 bridgehead atoms. The molecular formula is C22H26Cl2N2O3. The van der Waals surface area contributed by atoms with Crippen LogP contribution in [-0.4, -0.2) is 35.9 Å². The Morgan fingerprint density at radius 3 is 2.48 bits per heavy atom. The standard InChI is InChI=1S/C22H26Cl2N2O3/c1-3-4-12-25-22(28)16(2)26(14-17-6-5-7-19(24)13-17)21(27)15-29-20-10-8-18(23)9-11-20/h5-11,13,16H,3-4,12,14-15H2,1-2H3,(H,25,28)/t16-/m1/s1. The van der Waals surface area contributed by atoms with Crippen LogP contribution in [0, 0.1) is 0 Å². The Balaban J connectivity index is 2.10. The van der Waals surface area contributed by atoms with Gasteiger partial charge in [-0.2, -0.15) is 0 Å². The maximum atomic E-state index is 12.9. The van der Waals surface area contributed by atoms with Crippen LogP contribution in [0.2, 0.25) is 10.0 Å². The summed E-state index contributed by atoms with van der Waals surface area (Å²) in [7, 11) is 0. The van der Waals surface area contributed by atoms with Crippen LogP contribution in [0.4, 0.5) is 0 Å². The minimum Gasteiger partial charge on any atom is -0.484 e. The second kappa shape index (κ2) is 11.7. The molecule has 0 spiro atoms. The number of carbonyl (C=O) groups excluding carboxylic acids is 2. The molecule has 5 nitrogen and oxygen atoms in total. The summed E-state index contributed by atoms with van der Waals surface area (Å²) >= 11 is 11.9. The first-order valence-corrected chi connectivity index (χ1v) is 10.4. The van der Waals surface area contributed by atoms with Gasteiger partial charge in [0.25, 0.3) is 5.91 Å². The number of rotatable bonds is 10. The van der Waals surface area contributed by atoms with Crippen molar-refractivity contribution in [2.24, 2.45) is 0 Å². The lowest BCUT2D eigenvalue weighted by Gasteiger charge is -2.28. The van der Waals surface area contributed by atoms with Crippen molar-refractivity contribution in [1.82, 2.24) is 10.2 Å². The van der Waals surface area contributed by atoms with Gasteiger partial charge >= 0.3 is 0 Å². The highest BCUT2D eigenvalue weighted by Crippen LogP contribution is 2.17. The van der Waals surface area contributed by atoms with E-state index in [0.29, 0.717) is 22.3 Å². The molecular weight excluding hydrogens is 411 g/mol. The molecule has 0 aliphatic carbocycles. The van der Waals surface area contributed by atoms with Crippen molar-refractivity contribution in [3.05, 3.63) is 64.1 Å². The van der Waals surface area contributed by atoms with Gasteiger partial charge < -0.3 is 15.0 Å². The molecule has 2 aromatic carbocycles. The summed E-state index contributed by atoms with van der Waals surface area (Å²) in [5, 5.41) is 4.04. The second-order valence-electron chi connectivity index (χ2n) is 6.71. The van der Waals surface area contributed by atoms with Gasteiger partial charge in [0.2, 0.25) is 5.91 Å². The minimum absolute atomic E-state index is 0.186. The predicted molar refractivity (Wildman–Crippen MR) is 116 cm³/mol. The molecule has 1 N–H and O–H groups in total. The summed E-state index contributed by atoms with van der Waals surface area (Å²) in [5.74, 6) is 0.0453. The van der Waals surface area contributed by atoms with E-state index in [4.69, 9.17) is 27.9 Å². The fraction of sp³-hybridized carbons (Fsp3) is 0.364. The van der Waals surface area contributed by atoms with Gasteiger partial charge in [-0.3, -0.25) is 9.59 Å². The zero-order valence-electron chi connectivity index (χ0n) is 16.7. The van der Waals surface area contributed by atoms with Crippen LogP contribution >= 0.6 is 23.2 Å². The average Bonchev–Trinajstić information content (AvgIpc) is 2.71. The first kappa shape index (κ1) is 23.0. The SMILES string of the molecule is CCCCNC(=O)[C@@H](C)N(Cc1cccc(Cl)c1)C(=O)COc1ccc(Cl)cc1. The average molecular weight is 437 g/mol. The van der Waals surface area contributed by atoms with E-state index in [2.05, 4.69) is 12.2 Å². The number of nitrogens with zero attached hydrogens (tertiary/aromatic N) is 1. The Hall–Kier alpha value is -2.24. The van der Waals surface area contributed by atoms with Crippen LogP contribution in [0.3, 0.4) is 0 Å². The van der Waals surface area contributed by atoms with Gasteiger partial charge in [0.1, 0.15) is 11.8 Å². The number of unbranched alkanes of at least 4 members (excludes halogenated alkanes) is 1. The maximum absolute atomic E-state index is 12.9. The van der Waals surface area contributed by atoms with Gasteiger partial charge in [-0.15, -0.1) is 0 Å². The summed E-state index contributed by atoms with van der Waals surface area (Å²) in [6, 6.07) is 13.3. The minimum atomic E-state index is -0.646. The highest BCUT2D eigenvalue weighted by molar-refractivity contribution is 6.30. The van der Waals surface area contributed by atoms with Crippen LogP contribution < -0.4 is 10.1 Å². The van der Waals surface area contributed by atoms with Gasteiger partial charge in [0.05, 0.1) is 0 Å². The van der Waals surface area contributed by atoms with Gasteiger partial charge in [0.15, 0.2) is 6.61 Å². The quantitative estimate of drug-likeness (QED) is 0.548. The molecule has 0 unspecified atom stereocenters. The first-order valence-electron chi connectivity index (χ1n) is 9.60. The second-order valence-corrected chi connectivity index (χ2v) is 7.59. The van der Waals surface area contributed by atoms with Crippen molar-refractivity contribution in [3.8, 4) is 5.75 Å². The van der Waals surface area contributed by atoms with Gasteiger partial charge in [0, 0.05) is 23.1 Å². The van der Waals surface area contributed by atoms with Crippen molar-refractivity contribution < 1.29 is 14.3 Å². The fourth-order valence-electron chi connectivity index (χ4n) is 2.71. The van der Waals surface area contributed by atoms with Gasteiger partial charge in [-0.1, -0.05) is 48.7 Å². The summed E-state index contributed by atoms with van der Waals surface area (Å²) < 4.78 is 5.59. The Morgan fingerprint density at radius 1 is 1.10 bits per heavy atom. The van der Waals surface area contributed by atoms with Crippen molar-refractivity contribution >= 4 is 35.0 Å². The number of hydrogen-bond donors (Lipinski definition) is 1. The third kappa shape index (κ3) is 7.59. The van der Waals surface area contributed by atoms with Crippen LogP contribution in [0.25, 0.3) is 0 Å². The number of benzene rings is 2. The largest absolute Gasteiger partial charge is 0.484 e. The fourth-order valence-corrected chi connectivity index (χ4v) is 3.05. The number of halogens is 2. The topological polar surface area (TPSA) is 58.6 Å². The molecule has 0 saturated heterocycles. The van der Waals surface area contributed by atoms with E-state index in [-0.39, 0.29) is 25.0 Å². The molecule has 0 aliphatic rings. The number of amides is 2. The lowest BCUT2D eigenvalue weighted by molar-refractivity contribution is -0.142. The van der Waals surface area contributed by atoms with E-state index in [1.54, 1.807) is 43.3 Å². The maximum Gasteiger partial charge on any atom is 0.261 e. The zero-order valence-corrected chi connectivity index (χ0v) is 18.2. The summed E-state index contributed by atoms with van der Waals surface area (Å²) in [6.07, 6.45) is 1.87. The van der Waals surface area contributed by atoms with E-state index < -0.39 is 6.04 Å². The van der Waals surface area contributed by atoms with E-state index in [9.17, 15) is 9.59 Å². The predicted octanol–water partition coefficient (Wildman–Crippen LogP) is 4.71.